The lowest BCUT2D eigenvalue weighted by Crippen LogP contribution is -2.07. The monoisotopic (exact) mass is 157 g/mol. The van der Waals surface area contributed by atoms with Crippen LogP contribution >= 0.6 is 12.2 Å². The molecule has 0 saturated carbocycles. The Kier molecular flexibility index (Phi) is 5.22. The van der Waals surface area contributed by atoms with Crippen LogP contribution in [0.2, 0.25) is 0 Å². The first kappa shape index (κ1) is 9.63. The van der Waals surface area contributed by atoms with Crippen LogP contribution in [0.25, 0.3) is 0 Å². The molecule has 0 aromatic rings. The van der Waals surface area contributed by atoms with E-state index in [0.717, 1.165) is 12.8 Å². The fraction of sp³-hybridized carbons (Fsp3) is 0.625. The molecule has 0 aliphatic heterocycles. The van der Waals surface area contributed by atoms with Gasteiger partial charge in [0.2, 0.25) is 0 Å². The van der Waals surface area contributed by atoms with Crippen LogP contribution in [0.5, 0.6) is 0 Å². The molecular formula is C8H15NS. The van der Waals surface area contributed by atoms with E-state index in [9.17, 15) is 0 Å². The Labute approximate surface area is 68.3 Å². The van der Waals surface area contributed by atoms with Crippen LogP contribution in [-0.4, -0.2) is 4.99 Å². The highest BCUT2D eigenvalue weighted by molar-refractivity contribution is 7.80. The van der Waals surface area contributed by atoms with Gasteiger partial charge in [-0.25, -0.2) is 0 Å². The fourth-order valence-electron chi connectivity index (χ4n) is 0.738. The molecule has 0 spiro atoms. The fourth-order valence-corrected chi connectivity index (χ4v) is 0.965. The van der Waals surface area contributed by atoms with Crippen LogP contribution in [0.1, 0.15) is 33.1 Å². The van der Waals surface area contributed by atoms with Gasteiger partial charge in [0.15, 0.2) is 0 Å². The summed E-state index contributed by atoms with van der Waals surface area (Å²) in [5.41, 5.74) is 6.64. The Bertz CT molecular complexity index is 138. The van der Waals surface area contributed by atoms with Gasteiger partial charge >= 0.3 is 0 Å². The standard InChI is InChI=1S/C8H15NS/c1-3-4-5-7(2)6-8(9)10/h5H,3-4,6H2,1-2H3,(H2,9,10). The first-order valence-electron chi connectivity index (χ1n) is 3.60. The SMILES string of the molecule is CCCC=C(C)CC(N)=S. The predicted molar refractivity (Wildman–Crippen MR) is 50.1 cm³/mol. The maximum atomic E-state index is 5.36. The molecule has 0 atom stereocenters. The van der Waals surface area contributed by atoms with Crippen molar-refractivity contribution in [3.8, 4) is 0 Å². The second-order valence-electron chi connectivity index (χ2n) is 2.48. The van der Waals surface area contributed by atoms with Gasteiger partial charge in [-0.1, -0.05) is 37.2 Å². The Hall–Kier alpha value is -0.370. The lowest BCUT2D eigenvalue weighted by atomic mass is 10.1. The van der Waals surface area contributed by atoms with Crippen molar-refractivity contribution in [1.29, 1.82) is 0 Å². The van der Waals surface area contributed by atoms with Crippen molar-refractivity contribution in [2.45, 2.75) is 33.1 Å². The maximum absolute atomic E-state index is 5.36. The summed E-state index contributed by atoms with van der Waals surface area (Å²) in [7, 11) is 0. The number of hydrogen-bond donors (Lipinski definition) is 1. The van der Waals surface area contributed by atoms with Gasteiger partial charge in [0.25, 0.3) is 0 Å². The molecule has 0 heterocycles. The molecule has 0 saturated heterocycles. The van der Waals surface area contributed by atoms with Crippen LogP contribution in [-0.2, 0) is 0 Å². The third kappa shape index (κ3) is 5.76. The number of allylic oxidation sites excluding steroid dienone is 1. The molecule has 10 heavy (non-hydrogen) atoms. The molecule has 0 fully saturated rings. The van der Waals surface area contributed by atoms with Crippen molar-refractivity contribution >= 4 is 17.2 Å². The Morgan fingerprint density at radius 3 is 2.60 bits per heavy atom. The summed E-state index contributed by atoms with van der Waals surface area (Å²) in [6.07, 6.45) is 5.29. The second-order valence-corrected chi connectivity index (χ2v) is 3.01. The van der Waals surface area contributed by atoms with Crippen molar-refractivity contribution in [3.05, 3.63) is 11.6 Å². The van der Waals surface area contributed by atoms with Gasteiger partial charge in [0, 0.05) is 6.42 Å². The molecule has 0 unspecified atom stereocenters. The largest absolute Gasteiger partial charge is 0.393 e. The molecule has 0 bridgehead atoms. The van der Waals surface area contributed by atoms with E-state index in [-0.39, 0.29) is 0 Å². The van der Waals surface area contributed by atoms with Gasteiger partial charge in [0.1, 0.15) is 0 Å². The van der Waals surface area contributed by atoms with Crippen molar-refractivity contribution in [2.24, 2.45) is 5.73 Å². The molecular weight excluding hydrogens is 142 g/mol. The molecule has 0 aliphatic rings. The number of thiocarbonyl (C=S) groups is 1. The van der Waals surface area contributed by atoms with Crippen molar-refractivity contribution < 1.29 is 0 Å². The number of nitrogens with two attached hydrogens (primary N) is 1. The Morgan fingerprint density at radius 1 is 1.60 bits per heavy atom. The quantitative estimate of drug-likeness (QED) is 0.501. The van der Waals surface area contributed by atoms with E-state index >= 15 is 0 Å². The van der Waals surface area contributed by atoms with E-state index in [0.29, 0.717) is 4.99 Å². The van der Waals surface area contributed by atoms with Gasteiger partial charge in [-0.05, 0) is 13.3 Å². The average Bonchev–Trinajstić information content (AvgIpc) is 1.82. The van der Waals surface area contributed by atoms with E-state index in [4.69, 9.17) is 18.0 Å². The van der Waals surface area contributed by atoms with Gasteiger partial charge in [0.05, 0.1) is 4.99 Å². The van der Waals surface area contributed by atoms with Crippen molar-refractivity contribution in [2.75, 3.05) is 0 Å². The minimum atomic E-state index is 0.588. The molecule has 0 radical (unpaired) electrons. The molecule has 0 aromatic heterocycles. The molecule has 0 aliphatic carbocycles. The third-order valence-electron chi connectivity index (χ3n) is 1.23. The van der Waals surface area contributed by atoms with Crippen molar-refractivity contribution in [1.82, 2.24) is 0 Å². The summed E-state index contributed by atoms with van der Waals surface area (Å²) >= 11 is 4.76. The molecule has 2 N–H and O–H groups in total. The zero-order chi connectivity index (χ0) is 7.98. The lowest BCUT2D eigenvalue weighted by Gasteiger charge is -1.96. The zero-order valence-electron chi connectivity index (χ0n) is 6.68. The van der Waals surface area contributed by atoms with Crippen LogP contribution in [0, 0.1) is 0 Å². The predicted octanol–water partition coefficient (Wildman–Crippen LogP) is 2.41. The van der Waals surface area contributed by atoms with Gasteiger partial charge < -0.3 is 5.73 Å². The highest BCUT2D eigenvalue weighted by Crippen LogP contribution is 2.02. The van der Waals surface area contributed by atoms with Crippen LogP contribution in [0.15, 0.2) is 11.6 Å². The normalized spacial score (nSPS) is 11.6. The van der Waals surface area contributed by atoms with E-state index < -0.39 is 0 Å². The first-order valence-corrected chi connectivity index (χ1v) is 4.01. The van der Waals surface area contributed by atoms with Gasteiger partial charge in [-0.15, -0.1) is 0 Å². The lowest BCUT2D eigenvalue weighted by molar-refractivity contribution is 0.944. The minimum absolute atomic E-state index is 0.588. The molecule has 0 rings (SSSR count). The van der Waals surface area contributed by atoms with Crippen LogP contribution in [0.4, 0.5) is 0 Å². The molecule has 0 amide bonds. The summed E-state index contributed by atoms with van der Waals surface area (Å²) in [6, 6.07) is 0. The van der Waals surface area contributed by atoms with E-state index in [1.165, 1.54) is 12.0 Å². The van der Waals surface area contributed by atoms with Crippen LogP contribution < -0.4 is 5.73 Å². The summed E-state index contributed by atoms with van der Waals surface area (Å²) in [5, 5.41) is 0. The Balaban J connectivity index is 3.59. The summed E-state index contributed by atoms with van der Waals surface area (Å²) < 4.78 is 0. The van der Waals surface area contributed by atoms with Crippen LogP contribution in [0.3, 0.4) is 0 Å². The molecule has 2 heteroatoms. The van der Waals surface area contributed by atoms with E-state index in [1.54, 1.807) is 0 Å². The third-order valence-corrected chi connectivity index (χ3v) is 1.38. The summed E-state index contributed by atoms with van der Waals surface area (Å²) in [4.78, 5) is 0.588. The maximum Gasteiger partial charge on any atom is 0.0768 e. The Morgan fingerprint density at radius 2 is 2.20 bits per heavy atom. The first-order chi connectivity index (χ1) is 4.66. The summed E-state index contributed by atoms with van der Waals surface area (Å²) in [6.45, 7) is 4.22. The average molecular weight is 157 g/mol. The highest BCUT2D eigenvalue weighted by atomic mass is 32.1. The smallest absolute Gasteiger partial charge is 0.0768 e. The van der Waals surface area contributed by atoms with Crippen molar-refractivity contribution in [3.63, 3.8) is 0 Å². The second kappa shape index (κ2) is 5.42. The highest BCUT2D eigenvalue weighted by Gasteiger charge is 1.90. The molecule has 58 valence electrons. The summed E-state index contributed by atoms with van der Waals surface area (Å²) in [5.74, 6) is 0. The zero-order valence-corrected chi connectivity index (χ0v) is 7.50. The van der Waals surface area contributed by atoms with E-state index in [1.807, 2.05) is 0 Å². The van der Waals surface area contributed by atoms with E-state index in [2.05, 4.69) is 19.9 Å². The number of unbranched alkanes of at least 4 members (excludes halogenated alkanes) is 1. The van der Waals surface area contributed by atoms with Gasteiger partial charge in [-0.3, -0.25) is 0 Å². The number of hydrogen-bond acceptors (Lipinski definition) is 1. The molecule has 1 nitrogen and oxygen atoms in total. The number of rotatable bonds is 4. The molecule has 0 aromatic carbocycles. The topological polar surface area (TPSA) is 26.0 Å². The van der Waals surface area contributed by atoms with Gasteiger partial charge in [-0.2, -0.15) is 0 Å². The minimum Gasteiger partial charge on any atom is -0.393 e.